The van der Waals surface area contributed by atoms with Crippen molar-refractivity contribution in [2.75, 3.05) is 19.6 Å². The van der Waals surface area contributed by atoms with E-state index in [2.05, 4.69) is 5.32 Å². The number of carbonyl (C=O) groups excluding carboxylic acids is 2. The van der Waals surface area contributed by atoms with Crippen LogP contribution in [0.4, 0.5) is 0 Å². The second-order valence-electron chi connectivity index (χ2n) is 5.92. The van der Waals surface area contributed by atoms with Crippen molar-refractivity contribution in [2.45, 2.75) is 25.7 Å². The fraction of sp³-hybridized carbons (Fsp3) is 0.389. The van der Waals surface area contributed by atoms with Crippen LogP contribution in [0.15, 0.2) is 39.5 Å². The third kappa shape index (κ3) is 3.64. The normalized spacial score (nSPS) is 15.3. The maximum atomic E-state index is 12.2. The van der Waals surface area contributed by atoms with E-state index in [1.54, 1.807) is 29.2 Å². The van der Waals surface area contributed by atoms with Crippen molar-refractivity contribution in [3.63, 3.8) is 0 Å². The minimum Gasteiger partial charge on any atom is -0.451 e. The highest BCUT2D eigenvalue weighted by Crippen LogP contribution is 2.12. The first-order valence-corrected chi connectivity index (χ1v) is 8.24. The number of para-hydroxylation sites is 1. The van der Waals surface area contributed by atoms with Crippen LogP contribution in [0.3, 0.4) is 0 Å². The van der Waals surface area contributed by atoms with Crippen LogP contribution in [0.2, 0.25) is 0 Å². The summed E-state index contributed by atoms with van der Waals surface area (Å²) in [5.41, 5.74) is 0.141. The first kappa shape index (κ1) is 16.2. The van der Waals surface area contributed by atoms with E-state index >= 15 is 0 Å². The van der Waals surface area contributed by atoms with Gasteiger partial charge in [0.2, 0.25) is 5.91 Å². The van der Waals surface area contributed by atoms with Crippen LogP contribution in [0.1, 0.15) is 36.2 Å². The van der Waals surface area contributed by atoms with Gasteiger partial charge in [-0.15, -0.1) is 0 Å². The van der Waals surface area contributed by atoms with Gasteiger partial charge in [0.05, 0.1) is 5.39 Å². The monoisotopic (exact) mass is 328 g/mol. The summed E-state index contributed by atoms with van der Waals surface area (Å²) in [5.74, 6) is -0.319. The zero-order valence-corrected chi connectivity index (χ0v) is 13.4. The molecule has 6 nitrogen and oxygen atoms in total. The lowest BCUT2D eigenvalue weighted by Crippen LogP contribution is -2.38. The fourth-order valence-electron chi connectivity index (χ4n) is 2.88. The minimum absolute atomic E-state index is 0.0131. The highest BCUT2D eigenvalue weighted by molar-refractivity contribution is 5.93. The van der Waals surface area contributed by atoms with E-state index in [4.69, 9.17) is 4.42 Å². The molecule has 0 unspecified atom stereocenters. The molecule has 1 aromatic carbocycles. The molecule has 1 N–H and O–H groups in total. The van der Waals surface area contributed by atoms with Crippen LogP contribution >= 0.6 is 0 Å². The molecule has 2 aromatic rings. The first-order chi connectivity index (χ1) is 11.6. The van der Waals surface area contributed by atoms with Gasteiger partial charge in [0.15, 0.2) is 11.2 Å². The highest BCUT2D eigenvalue weighted by atomic mass is 16.3. The molecule has 1 fully saturated rings. The molecule has 1 aromatic heterocycles. The van der Waals surface area contributed by atoms with Crippen molar-refractivity contribution in [1.82, 2.24) is 10.2 Å². The molecule has 2 heterocycles. The molecule has 1 aliphatic rings. The van der Waals surface area contributed by atoms with E-state index in [9.17, 15) is 14.4 Å². The molecule has 3 rings (SSSR count). The lowest BCUT2D eigenvalue weighted by molar-refractivity contribution is -0.130. The van der Waals surface area contributed by atoms with Crippen molar-refractivity contribution in [3.8, 4) is 0 Å². The molecule has 0 saturated carbocycles. The van der Waals surface area contributed by atoms with Gasteiger partial charge in [-0.05, 0) is 25.0 Å². The van der Waals surface area contributed by atoms with E-state index in [0.29, 0.717) is 30.5 Å². The quantitative estimate of drug-likeness (QED) is 0.930. The van der Waals surface area contributed by atoms with E-state index in [1.165, 1.54) is 6.07 Å². The lowest BCUT2D eigenvalue weighted by Gasteiger charge is -2.20. The van der Waals surface area contributed by atoms with Gasteiger partial charge in [0.25, 0.3) is 5.91 Å². The smallest absolute Gasteiger partial charge is 0.287 e. The minimum atomic E-state index is -0.444. The van der Waals surface area contributed by atoms with Crippen molar-refractivity contribution < 1.29 is 14.0 Å². The van der Waals surface area contributed by atoms with Gasteiger partial charge < -0.3 is 14.6 Å². The number of rotatable bonds is 4. The largest absolute Gasteiger partial charge is 0.451 e. The van der Waals surface area contributed by atoms with Crippen molar-refractivity contribution in [3.05, 3.63) is 46.3 Å². The molecule has 1 saturated heterocycles. The number of benzene rings is 1. The van der Waals surface area contributed by atoms with Crippen LogP contribution in [0.25, 0.3) is 11.0 Å². The van der Waals surface area contributed by atoms with Crippen molar-refractivity contribution >= 4 is 22.8 Å². The van der Waals surface area contributed by atoms with Gasteiger partial charge in [0.1, 0.15) is 5.58 Å². The Labute approximate surface area is 139 Å². The summed E-state index contributed by atoms with van der Waals surface area (Å²) in [7, 11) is 0. The molecule has 0 aliphatic carbocycles. The summed E-state index contributed by atoms with van der Waals surface area (Å²) in [5, 5.41) is 3.16. The average molecular weight is 328 g/mol. The Kier molecular flexibility index (Phi) is 4.93. The molecule has 6 heteroatoms. The molecular weight excluding hydrogens is 308 g/mol. The molecule has 2 amide bonds. The molecule has 1 aliphatic heterocycles. The van der Waals surface area contributed by atoms with E-state index in [1.807, 2.05) is 0 Å². The number of fused-ring (bicyclic) bond motifs is 1. The fourth-order valence-corrected chi connectivity index (χ4v) is 2.88. The highest BCUT2D eigenvalue weighted by Gasteiger charge is 2.17. The molecule has 0 radical (unpaired) electrons. The molecule has 0 spiro atoms. The number of hydrogen-bond donors (Lipinski definition) is 1. The van der Waals surface area contributed by atoms with Gasteiger partial charge in [-0.3, -0.25) is 14.4 Å². The topological polar surface area (TPSA) is 79.6 Å². The number of hydrogen-bond acceptors (Lipinski definition) is 4. The van der Waals surface area contributed by atoms with Gasteiger partial charge in [-0.25, -0.2) is 0 Å². The summed E-state index contributed by atoms with van der Waals surface area (Å²) in [6.45, 7) is 1.54. The number of likely N-dealkylation sites (tertiary alicyclic amines) is 1. The zero-order valence-electron chi connectivity index (χ0n) is 13.4. The van der Waals surface area contributed by atoms with Crippen LogP contribution in [0.5, 0.6) is 0 Å². The Morgan fingerprint density at radius 2 is 2.00 bits per heavy atom. The number of nitrogens with one attached hydrogen (secondary N) is 1. The van der Waals surface area contributed by atoms with Gasteiger partial charge in [-0.1, -0.05) is 18.6 Å². The van der Waals surface area contributed by atoms with E-state index < -0.39 is 5.91 Å². The Balaban J connectivity index is 1.63. The summed E-state index contributed by atoms with van der Waals surface area (Å²) < 4.78 is 5.50. The second kappa shape index (κ2) is 7.29. The predicted octanol–water partition coefficient (Wildman–Crippen LogP) is 1.93. The summed E-state index contributed by atoms with van der Waals surface area (Å²) >= 11 is 0. The Morgan fingerprint density at radius 1 is 1.17 bits per heavy atom. The lowest BCUT2D eigenvalue weighted by atomic mass is 10.2. The van der Waals surface area contributed by atoms with Gasteiger partial charge in [0, 0.05) is 32.1 Å². The Bertz CT molecular complexity index is 812. The zero-order chi connectivity index (χ0) is 16.9. The van der Waals surface area contributed by atoms with Crippen LogP contribution < -0.4 is 10.7 Å². The summed E-state index contributed by atoms with van der Waals surface area (Å²) in [6, 6.07) is 8.01. The summed E-state index contributed by atoms with van der Waals surface area (Å²) in [6.07, 6.45) is 3.58. The van der Waals surface area contributed by atoms with Crippen LogP contribution in [-0.2, 0) is 4.79 Å². The molecule has 24 heavy (non-hydrogen) atoms. The molecular formula is C18H20N2O4. The summed E-state index contributed by atoms with van der Waals surface area (Å²) in [4.78, 5) is 37.9. The van der Waals surface area contributed by atoms with Crippen LogP contribution in [-0.4, -0.2) is 36.3 Å². The second-order valence-corrected chi connectivity index (χ2v) is 5.92. The predicted molar refractivity (Wildman–Crippen MR) is 89.9 cm³/mol. The molecule has 0 bridgehead atoms. The van der Waals surface area contributed by atoms with E-state index in [0.717, 1.165) is 25.8 Å². The SMILES string of the molecule is O=C(NCCN1CCCCCC1=O)c1cc(=O)c2ccccc2o1. The maximum Gasteiger partial charge on any atom is 0.287 e. The van der Waals surface area contributed by atoms with Gasteiger partial charge in [-0.2, -0.15) is 0 Å². The maximum absolute atomic E-state index is 12.2. The molecule has 126 valence electrons. The average Bonchev–Trinajstić information content (AvgIpc) is 2.79. The number of nitrogens with zero attached hydrogens (tertiary/aromatic N) is 1. The third-order valence-electron chi connectivity index (χ3n) is 4.20. The van der Waals surface area contributed by atoms with Crippen molar-refractivity contribution in [2.24, 2.45) is 0 Å². The van der Waals surface area contributed by atoms with Gasteiger partial charge >= 0.3 is 0 Å². The number of carbonyl (C=O) groups is 2. The number of amides is 2. The standard InChI is InChI=1S/C18H20N2O4/c21-14-12-16(24-15-7-4-3-6-13(14)15)18(23)19-9-11-20-10-5-1-2-8-17(20)22/h3-4,6-7,12H,1-2,5,8-11H2,(H,19,23). The third-order valence-corrected chi connectivity index (χ3v) is 4.20. The molecule has 0 atom stereocenters. The van der Waals surface area contributed by atoms with Crippen LogP contribution in [0, 0.1) is 0 Å². The first-order valence-electron chi connectivity index (χ1n) is 8.24. The van der Waals surface area contributed by atoms with Crippen molar-refractivity contribution in [1.29, 1.82) is 0 Å². The van der Waals surface area contributed by atoms with E-state index in [-0.39, 0.29) is 17.1 Å². The Morgan fingerprint density at radius 3 is 2.88 bits per heavy atom. The Hall–Kier alpha value is -2.63.